The van der Waals surface area contributed by atoms with Crippen molar-refractivity contribution in [2.24, 2.45) is 0 Å². The van der Waals surface area contributed by atoms with Crippen molar-refractivity contribution in [3.05, 3.63) is 45.9 Å². The van der Waals surface area contributed by atoms with E-state index >= 15 is 0 Å². The number of halogens is 1. The topological polar surface area (TPSA) is 0 Å². The molecule has 0 amide bonds. The van der Waals surface area contributed by atoms with Crippen LogP contribution < -0.4 is 0 Å². The summed E-state index contributed by atoms with van der Waals surface area (Å²) in [5.74, 6) is 0. The van der Waals surface area contributed by atoms with Gasteiger partial charge in [0.2, 0.25) is 0 Å². The van der Waals surface area contributed by atoms with Gasteiger partial charge in [-0.3, -0.25) is 0 Å². The van der Waals surface area contributed by atoms with Crippen molar-refractivity contribution in [1.82, 2.24) is 0 Å². The zero-order valence-corrected chi connectivity index (χ0v) is 8.76. The zero-order valence-electron chi connectivity index (χ0n) is 7.18. The molecule has 0 aromatic heterocycles. The minimum Gasteiger partial charge on any atom is -0.0616 e. The highest BCUT2D eigenvalue weighted by molar-refractivity contribution is 9.10. The average molecular weight is 233 g/mol. The Morgan fingerprint density at radius 3 is 2.46 bits per heavy atom. The Morgan fingerprint density at radius 2 is 1.77 bits per heavy atom. The van der Waals surface area contributed by atoms with Gasteiger partial charge in [0.15, 0.2) is 0 Å². The number of rotatable bonds is 0. The summed E-state index contributed by atoms with van der Waals surface area (Å²) >= 11 is 3.62. The predicted octanol–water partition coefficient (Wildman–Crippen LogP) is 3.70. The number of benzene rings is 2. The monoisotopic (exact) mass is 232 g/mol. The van der Waals surface area contributed by atoms with Crippen LogP contribution in [0.3, 0.4) is 0 Å². The molecule has 0 saturated carbocycles. The summed E-state index contributed by atoms with van der Waals surface area (Å²) < 4.78 is 1.24. The molecule has 0 radical (unpaired) electrons. The van der Waals surface area contributed by atoms with Gasteiger partial charge in [-0.05, 0) is 40.8 Å². The SMILES string of the molecule is Brc1cc2c(c3ccccc13)CC2. The molecule has 3 rings (SSSR count). The highest BCUT2D eigenvalue weighted by Crippen LogP contribution is 2.35. The Labute approximate surface area is 85.7 Å². The number of hydrogen-bond acceptors (Lipinski definition) is 0. The first-order chi connectivity index (χ1) is 6.36. The van der Waals surface area contributed by atoms with Crippen LogP contribution in [-0.2, 0) is 12.8 Å². The molecule has 0 atom stereocenters. The molecule has 1 heteroatoms. The van der Waals surface area contributed by atoms with Crippen LogP contribution in [0, 0.1) is 0 Å². The van der Waals surface area contributed by atoms with E-state index in [2.05, 4.69) is 46.3 Å². The predicted molar refractivity (Wildman–Crippen MR) is 59.1 cm³/mol. The third-order valence-corrected chi connectivity index (χ3v) is 3.50. The minimum absolute atomic E-state index is 1.24. The number of aryl methyl sites for hydroxylation is 2. The molecule has 0 N–H and O–H groups in total. The summed E-state index contributed by atoms with van der Waals surface area (Å²) in [6, 6.07) is 10.9. The summed E-state index contributed by atoms with van der Waals surface area (Å²) in [6.07, 6.45) is 2.50. The van der Waals surface area contributed by atoms with Crippen LogP contribution in [0.1, 0.15) is 11.1 Å². The van der Waals surface area contributed by atoms with Crippen molar-refractivity contribution in [2.75, 3.05) is 0 Å². The highest BCUT2D eigenvalue weighted by Gasteiger charge is 2.17. The molecule has 64 valence electrons. The van der Waals surface area contributed by atoms with Crippen molar-refractivity contribution in [3.63, 3.8) is 0 Å². The Bertz CT molecular complexity index is 486. The van der Waals surface area contributed by atoms with E-state index in [4.69, 9.17) is 0 Å². The lowest BCUT2D eigenvalue weighted by atomic mass is 9.84. The van der Waals surface area contributed by atoms with Gasteiger partial charge in [-0.1, -0.05) is 40.2 Å². The molecule has 0 nitrogen and oxygen atoms in total. The second-order valence-electron chi connectivity index (χ2n) is 3.54. The highest BCUT2D eigenvalue weighted by atomic mass is 79.9. The zero-order chi connectivity index (χ0) is 8.84. The first-order valence-electron chi connectivity index (χ1n) is 4.55. The van der Waals surface area contributed by atoms with E-state index in [0.29, 0.717) is 0 Å². The van der Waals surface area contributed by atoms with Crippen LogP contribution in [0.4, 0.5) is 0 Å². The quantitative estimate of drug-likeness (QED) is 0.650. The minimum atomic E-state index is 1.24. The lowest BCUT2D eigenvalue weighted by molar-refractivity contribution is 0.851. The van der Waals surface area contributed by atoms with Crippen molar-refractivity contribution >= 4 is 26.7 Å². The van der Waals surface area contributed by atoms with Crippen molar-refractivity contribution in [2.45, 2.75) is 12.8 Å². The van der Waals surface area contributed by atoms with Crippen LogP contribution in [0.25, 0.3) is 10.8 Å². The summed E-state index contributed by atoms with van der Waals surface area (Å²) in [5, 5.41) is 2.78. The molecular formula is C12H9Br. The van der Waals surface area contributed by atoms with Gasteiger partial charge in [-0.25, -0.2) is 0 Å². The molecule has 0 fully saturated rings. The van der Waals surface area contributed by atoms with E-state index in [0.717, 1.165) is 0 Å². The van der Waals surface area contributed by atoms with Crippen LogP contribution in [0.5, 0.6) is 0 Å². The molecule has 0 saturated heterocycles. The molecule has 0 aliphatic heterocycles. The fourth-order valence-corrected chi connectivity index (χ4v) is 2.67. The summed E-state index contributed by atoms with van der Waals surface area (Å²) in [7, 11) is 0. The smallest absolute Gasteiger partial charge is 0.0256 e. The first-order valence-corrected chi connectivity index (χ1v) is 5.34. The van der Waals surface area contributed by atoms with Gasteiger partial charge in [-0.2, -0.15) is 0 Å². The Hall–Kier alpha value is -0.820. The van der Waals surface area contributed by atoms with Crippen LogP contribution in [-0.4, -0.2) is 0 Å². The Balaban J connectivity index is 2.52. The van der Waals surface area contributed by atoms with Crippen molar-refractivity contribution in [3.8, 4) is 0 Å². The lowest BCUT2D eigenvalue weighted by Gasteiger charge is -2.21. The van der Waals surface area contributed by atoms with Gasteiger partial charge in [0.25, 0.3) is 0 Å². The van der Waals surface area contributed by atoms with Crippen molar-refractivity contribution < 1.29 is 0 Å². The third-order valence-electron chi connectivity index (χ3n) is 2.84. The van der Waals surface area contributed by atoms with E-state index in [1.54, 1.807) is 5.56 Å². The van der Waals surface area contributed by atoms with E-state index in [9.17, 15) is 0 Å². The lowest BCUT2D eigenvalue weighted by Crippen LogP contribution is -2.08. The van der Waals surface area contributed by atoms with E-state index in [-0.39, 0.29) is 0 Å². The molecule has 0 spiro atoms. The number of hydrogen-bond donors (Lipinski definition) is 0. The molecule has 13 heavy (non-hydrogen) atoms. The maximum Gasteiger partial charge on any atom is 0.0256 e. The largest absolute Gasteiger partial charge is 0.0616 e. The van der Waals surface area contributed by atoms with Gasteiger partial charge in [0.05, 0.1) is 0 Å². The molecule has 2 aromatic rings. The average Bonchev–Trinajstić information content (AvgIpc) is 2.11. The fraction of sp³-hybridized carbons (Fsp3) is 0.167. The normalized spacial score (nSPS) is 13.9. The third kappa shape index (κ3) is 0.969. The van der Waals surface area contributed by atoms with Crippen LogP contribution in [0.2, 0.25) is 0 Å². The Kier molecular flexibility index (Phi) is 1.50. The van der Waals surface area contributed by atoms with E-state index < -0.39 is 0 Å². The molecule has 2 aromatic carbocycles. The molecular weight excluding hydrogens is 224 g/mol. The van der Waals surface area contributed by atoms with Gasteiger partial charge in [0.1, 0.15) is 0 Å². The molecule has 1 aliphatic carbocycles. The molecule has 0 unspecified atom stereocenters. The van der Waals surface area contributed by atoms with Crippen LogP contribution in [0.15, 0.2) is 34.8 Å². The standard InChI is InChI=1S/C12H9Br/c13-12-7-8-5-6-9(8)10-3-1-2-4-11(10)12/h1-4,7H,5-6H2. The first kappa shape index (κ1) is 7.57. The maximum absolute atomic E-state index is 3.62. The van der Waals surface area contributed by atoms with Gasteiger partial charge >= 0.3 is 0 Å². The summed E-state index contributed by atoms with van der Waals surface area (Å²) in [5.41, 5.74) is 3.07. The summed E-state index contributed by atoms with van der Waals surface area (Å²) in [6.45, 7) is 0. The Morgan fingerprint density at radius 1 is 1.00 bits per heavy atom. The van der Waals surface area contributed by atoms with E-state index in [1.807, 2.05) is 0 Å². The summed E-state index contributed by atoms with van der Waals surface area (Å²) in [4.78, 5) is 0. The maximum atomic E-state index is 3.62. The van der Waals surface area contributed by atoms with Crippen LogP contribution >= 0.6 is 15.9 Å². The second kappa shape index (κ2) is 2.58. The van der Waals surface area contributed by atoms with Crippen molar-refractivity contribution in [1.29, 1.82) is 0 Å². The van der Waals surface area contributed by atoms with Gasteiger partial charge in [0, 0.05) is 4.47 Å². The van der Waals surface area contributed by atoms with Gasteiger partial charge in [-0.15, -0.1) is 0 Å². The van der Waals surface area contributed by atoms with Gasteiger partial charge < -0.3 is 0 Å². The fourth-order valence-electron chi connectivity index (χ4n) is 2.05. The molecule has 0 heterocycles. The van der Waals surface area contributed by atoms with E-state index in [1.165, 1.54) is 33.7 Å². The number of fused-ring (bicyclic) bond motifs is 3. The molecule has 1 aliphatic rings. The second-order valence-corrected chi connectivity index (χ2v) is 4.40. The molecule has 0 bridgehead atoms.